The molecular formula is C27H32N4O8. The molecular weight excluding hydrogens is 508 g/mol. The van der Waals surface area contributed by atoms with Gasteiger partial charge >= 0.3 is 24.2 Å². The first kappa shape index (κ1) is 29.1. The molecule has 1 aliphatic heterocycles. The van der Waals surface area contributed by atoms with Gasteiger partial charge in [-0.05, 0) is 77.8 Å². The van der Waals surface area contributed by atoms with Crippen LogP contribution < -0.4 is 10.2 Å². The Kier molecular flexibility index (Phi) is 8.27. The third-order valence-electron chi connectivity index (χ3n) is 5.36. The highest BCUT2D eigenvalue weighted by molar-refractivity contribution is 6.11. The lowest BCUT2D eigenvalue weighted by atomic mass is 9.82. The molecule has 39 heavy (non-hydrogen) atoms. The van der Waals surface area contributed by atoms with Crippen LogP contribution in [0.25, 0.3) is 0 Å². The Morgan fingerprint density at radius 1 is 0.974 bits per heavy atom. The van der Waals surface area contributed by atoms with E-state index in [1.54, 1.807) is 71.9 Å². The van der Waals surface area contributed by atoms with E-state index in [1.807, 2.05) is 0 Å². The number of nitrogens with one attached hydrogen (secondary N) is 1. The van der Waals surface area contributed by atoms with Crippen molar-refractivity contribution in [3.8, 4) is 0 Å². The number of aliphatic carboxylic acids is 1. The van der Waals surface area contributed by atoms with E-state index in [9.17, 15) is 29.1 Å². The zero-order valence-corrected chi connectivity index (χ0v) is 22.6. The summed E-state index contributed by atoms with van der Waals surface area (Å²) in [5.74, 6) is -3.21. The van der Waals surface area contributed by atoms with Crippen LogP contribution in [0.15, 0.2) is 48.7 Å². The van der Waals surface area contributed by atoms with Crippen LogP contribution in [0.5, 0.6) is 0 Å². The van der Waals surface area contributed by atoms with Crippen LogP contribution in [0, 0.1) is 5.92 Å². The number of anilines is 2. The number of amides is 5. The predicted octanol–water partition coefficient (Wildman–Crippen LogP) is 4.44. The highest BCUT2D eigenvalue weighted by Gasteiger charge is 2.54. The fraction of sp³-hybridized carbons (Fsp3) is 0.407. The molecule has 2 N–H and O–H groups in total. The molecule has 2 aromatic rings. The number of β-lactam (4-membered cyclic amide) rings is 1. The number of carboxylic acids is 1. The van der Waals surface area contributed by atoms with E-state index < -0.39 is 53.3 Å². The zero-order valence-electron chi connectivity index (χ0n) is 22.6. The molecule has 1 saturated heterocycles. The Morgan fingerprint density at radius 3 is 2.05 bits per heavy atom. The largest absolute Gasteiger partial charge is 0.480 e. The van der Waals surface area contributed by atoms with Gasteiger partial charge in [0, 0.05) is 11.9 Å². The molecule has 12 nitrogen and oxygen atoms in total. The number of benzene rings is 1. The molecule has 2 atom stereocenters. The summed E-state index contributed by atoms with van der Waals surface area (Å²) in [6.45, 7) is 9.81. The number of carbonyl (C=O) groups excluding carboxylic acids is 4. The molecule has 1 aliphatic rings. The van der Waals surface area contributed by atoms with E-state index in [1.165, 1.54) is 18.3 Å². The second kappa shape index (κ2) is 11.1. The lowest BCUT2D eigenvalue weighted by Crippen LogP contribution is -2.67. The second-order valence-corrected chi connectivity index (χ2v) is 10.9. The number of pyridine rings is 1. The summed E-state index contributed by atoms with van der Waals surface area (Å²) in [6.07, 6.45) is -0.816. The number of ether oxygens (including phenoxy) is 2. The van der Waals surface area contributed by atoms with Crippen molar-refractivity contribution in [1.29, 1.82) is 0 Å². The summed E-state index contributed by atoms with van der Waals surface area (Å²) in [7, 11) is 0. The summed E-state index contributed by atoms with van der Waals surface area (Å²) in [4.78, 5) is 68.8. The van der Waals surface area contributed by atoms with Gasteiger partial charge in [-0.3, -0.25) is 4.79 Å². The van der Waals surface area contributed by atoms with Crippen LogP contribution in [-0.4, -0.2) is 62.3 Å². The van der Waals surface area contributed by atoms with Crippen molar-refractivity contribution >= 4 is 41.6 Å². The number of aromatic nitrogens is 1. The van der Waals surface area contributed by atoms with Crippen molar-refractivity contribution in [1.82, 2.24) is 9.88 Å². The van der Waals surface area contributed by atoms with Crippen LogP contribution in [0.1, 0.15) is 47.1 Å². The van der Waals surface area contributed by atoms with Crippen molar-refractivity contribution in [2.45, 2.75) is 65.2 Å². The number of imide groups is 2. The number of urea groups is 1. The van der Waals surface area contributed by atoms with Gasteiger partial charge in [0.25, 0.3) is 0 Å². The van der Waals surface area contributed by atoms with Crippen LogP contribution in [-0.2, 0) is 25.5 Å². The first-order valence-electron chi connectivity index (χ1n) is 12.2. The molecule has 1 aromatic carbocycles. The molecule has 0 spiro atoms. The number of carbonyl (C=O) groups is 5. The van der Waals surface area contributed by atoms with Gasteiger partial charge in [0.05, 0.1) is 5.92 Å². The molecule has 1 fully saturated rings. The summed E-state index contributed by atoms with van der Waals surface area (Å²) in [5, 5.41) is 12.3. The van der Waals surface area contributed by atoms with Gasteiger partial charge in [-0.2, -0.15) is 4.90 Å². The Labute approximate surface area is 225 Å². The highest BCUT2D eigenvalue weighted by Crippen LogP contribution is 2.32. The number of carboxylic acid groups (broad SMARTS) is 1. The monoisotopic (exact) mass is 540 g/mol. The average molecular weight is 541 g/mol. The van der Waals surface area contributed by atoms with Gasteiger partial charge in [0.2, 0.25) is 5.91 Å². The van der Waals surface area contributed by atoms with E-state index in [-0.39, 0.29) is 12.2 Å². The van der Waals surface area contributed by atoms with Crippen LogP contribution >= 0.6 is 0 Å². The summed E-state index contributed by atoms with van der Waals surface area (Å²) in [5.41, 5.74) is -1.03. The summed E-state index contributed by atoms with van der Waals surface area (Å²) < 4.78 is 10.7. The molecule has 5 amide bonds. The topological polar surface area (TPSA) is 155 Å². The standard InChI is InChI=1S/C27H32N4O8/c1-26(2,3)38-24(36)30(25(37)39-27(4,5)6)19-15-16(12-13-28-19)14-18-20(22(33)34)31(21(18)32)23(35)29-17-10-8-7-9-11-17/h7-13,15,18,20H,14H2,1-6H3,(H,29,35)(H,33,34)/t18-,20+/m1/s1. The maximum absolute atomic E-state index is 12.9. The van der Waals surface area contributed by atoms with Crippen molar-refractivity contribution in [2.75, 3.05) is 10.2 Å². The quantitative estimate of drug-likeness (QED) is 0.523. The van der Waals surface area contributed by atoms with E-state index in [4.69, 9.17) is 9.47 Å². The maximum Gasteiger partial charge on any atom is 0.425 e. The minimum absolute atomic E-state index is 0.0864. The molecule has 208 valence electrons. The molecule has 0 bridgehead atoms. The number of nitrogens with zero attached hydrogens (tertiary/aromatic N) is 3. The van der Waals surface area contributed by atoms with Crippen molar-refractivity contribution in [3.05, 3.63) is 54.2 Å². The van der Waals surface area contributed by atoms with Crippen LogP contribution in [0.3, 0.4) is 0 Å². The molecule has 12 heteroatoms. The first-order valence-corrected chi connectivity index (χ1v) is 12.2. The van der Waals surface area contributed by atoms with Gasteiger partial charge in [-0.15, -0.1) is 0 Å². The number of rotatable bonds is 5. The van der Waals surface area contributed by atoms with Crippen molar-refractivity contribution < 1.29 is 38.6 Å². The normalized spacial score (nSPS) is 17.1. The molecule has 0 aliphatic carbocycles. The third-order valence-corrected chi connectivity index (χ3v) is 5.36. The van der Waals surface area contributed by atoms with Crippen LogP contribution in [0.4, 0.5) is 25.9 Å². The fourth-order valence-electron chi connectivity index (χ4n) is 3.80. The van der Waals surface area contributed by atoms with E-state index in [2.05, 4.69) is 10.3 Å². The van der Waals surface area contributed by atoms with E-state index >= 15 is 0 Å². The minimum Gasteiger partial charge on any atom is -0.480 e. The molecule has 2 heterocycles. The highest BCUT2D eigenvalue weighted by atomic mass is 16.6. The van der Waals surface area contributed by atoms with E-state index in [0.717, 1.165) is 0 Å². The molecule has 0 unspecified atom stereocenters. The van der Waals surface area contributed by atoms with Gasteiger partial charge in [-0.1, -0.05) is 18.2 Å². The number of likely N-dealkylation sites (tertiary alicyclic amines) is 1. The SMILES string of the molecule is CC(C)(C)OC(=O)N(C(=O)OC(C)(C)C)c1cc(C[C@H]2C(=O)N(C(=O)Nc3ccccc3)[C@@H]2C(=O)O)ccn1. The Hall–Kier alpha value is -4.48. The van der Waals surface area contributed by atoms with Gasteiger partial charge in [0.1, 0.15) is 17.0 Å². The summed E-state index contributed by atoms with van der Waals surface area (Å²) in [6, 6.07) is 8.95. The number of para-hydroxylation sites is 1. The first-order chi connectivity index (χ1) is 18.1. The van der Waals surface area contributed by atoms with Gasteiger partial charge in [-0.25, -0.2) is 29.1 Å². The smallest absolute Gasteiger partial charge is 0.425 e. The number of hydrogen-bond donors (Lipinski definition) is 2. The lowest BCUT2D eigenvalue weighted by Gasteiger charge is -2.42. The second-order valence-electron chi connectivity index (χ2n) is 10.9. The Balaban J connectivity index is 1.84. The van der Waals surface area contributed by atoms with E-state index in [0.29, 0.717) is 21.1 Å². The zero-order chi connectivity index (χ0) is 29.1. The third kappa shape index (κ3) is 7.30. The van der Waals surface area contributed by atoms with Crippen molar-refractivity contribution in [3.63, 3.8) is 0 Å². The van der Waals surface area contributed by atoms with Gasteiger partial charge in [0.15, 0.2) is 6.04 Å². The minimum atomic E-state index is -1.41. The number of hydrogen-bond acceptors (Lipinski definition) is 8. The average Bonchev–Trinajstić information content (AvgIpc) is 2.79. The van der Waals surface area contributed by atoms with Crippen molar-refractivity contribution in [2.24, 2.45) is 5.92 Å². The molecule has 0 radical (unpaired) electrons. The van der Waals surface area contributed by atoms with Crippen LogP contribution in [0.2, 0.25) is 0 Å². The molecule has 1 aromatic heterocycles. The maximum atomic E-state index is 12.9. The Morgan fingerprint density at radius 2 is 1.54 bits per heavy atom. The molecule has 0 saturated carbocycles. The Bertz CT molecular complexity index is 1240. The fourth-order valence-corrected chi connectivity index (χ4v) is 3.80. The lowest BCUT2D eigenvalue weighted by molar-refractivity contribution is -0.165. The summed E-state index contributed by atoms with van der Waals surface area (Å²) >= 11 is 0. The predicted molar refractivity (Wildman–Crippen MR) is 140 cm³/mol. The van der Waals surface area contributed by atoms with Gasteiger partial charge < -0.3 is 19.9 Å². The molecule has 3 rings (SSSR count).